The summed E-state index contributed by atoms with van der Waals surface area (Å²) in [7, 11) is 2.04. The van der Waals surface area contributed by atoms with Crippen LogP contribution in [0.15, 0.2) is 72.8 Å². The molecule has 4 heterocycles. The van der Waals surface area contributed by atoms with Gasteiger partial charge in [0.25, 0.3) is 11.8 Å². The maximum absolute atomic E-state index is 14.3. The van der Waals surface area contributed by atoms with E-state index in [0.29, 0.717) is 54.6 Å². The molecule has 0 fully saturated rings. The van der Waals surface area contributed by atoms with Crippen molar-refractivity contribution in [1.29, 1.82) is 0 Å². The van der Waals surface area contributed by atoms with Gasteiger partial charge in [-0.3, -0.25) is 9.59 Å². The van der Waals surface area contributed by atoms with Gasteiger partial charge in [0.15, 0.2) is 0 Å². The smallest absolute Gasteiger partial charge is 0.252 e. The van der Waals surface area contributed by atoms with E-state index >= 15 is 0 Å². The molecule has 2 aliphatic rings. The highest BCUT2D eigenvalue weighted by Gasteiger charge is 2.25. The maximum Gasteiger partial charge on any atom is 0.252 e. The molecule has 0 spiro atoms. The van der Waals surface area contributed by atoms with Crippen LogP contribution < -0.4 is 15.5 Å². The van der Waals surface area contributed by atoms with E-state index in [1.807, 2.05) is 19.2 Å². The zero-order valence-electron chi connectivity index (χ0n) is 24.5. The van der Waals surface area contributed by atoms with Gasteiger partial charge in [0.2, 0.25) is 0 Å². The first-order valence-corrected chi connectivity index (χ1v) is 15.0. The number of H-pyrrole nitrogens is 2. The Morgan fingerprint density at radius 1 is 0.667 bits per heavy atom. The fourth-order valence-electron chi connectivity index (χ4n) is 6.90. The first-order chi connectivity index (χ1) is 21.8. The molecule has 0 aliphatic carbocycles. The molecule has 0 atom stereocenters. The fraction of sp³-hybridized carbons (Fsp3) is 0.167. The molecule has 0 radical (unpaired) electrons. The average Bonchev–Trinajstić information content (AvgIpc) is 3.46. The number of halogens is 2. The average molecular weight is 602 g/mol. The number of aromatic nitrogens is 2. The second-order valence-corrected chi connectivity index (χ2v) is 11.8. The number of amides is 2. The van der Waals surface area contributed by atoms with Crippen molar-refractivity contribution < 1.29 is 18.4 Å². The molecule has 0 unspecified atom stereocenters. The topological polar surface area (TPSA) is 93.0 Å². The third kappa shape index (κ3) is 4.54. The van der Waals surface area contributed by atoms with Crippen LogP contribution in [0.25, 0.3) is 44.3 Å². The Bertz CT molecular complexity index is 2160. The van der Waals surface area contributed by atoms with Crippen molar-refractivity contribution in [2.75, 3.05) is 25.0 Å². The third-order valence-corrected chi connectivity index (χ3v) is 9.00. The van der Waals surface area contributed by atoms with Crippen molar-refractivity contribution >= 4 is 39.3 Å². The van der Waals surface area contributed by atoms with Crippen LogP contribution in [0.3, 0.4) is 0 Å². The van der Waals surface area contributed by atoms with Gasteiger partial charge in [0.05, 0.1) is 11.1 Å². The summed E-state index contributed by atoms with van der Waals surface area (Å²) in [6.45, 7) is 1.67. The number of carbonyl (C=O) groups excluding carboxylic acids is 2. The summed E-state index contributed by atoms with van der Waals surface area (Å²) in [5, 5.41) is 7.32. The highest BCUT2D eigenvalue weighted by Crippen LogP contribution is 2.37. The number of aromatic amines is 2. The lowest BCUT2D eigenvalue weighted by atomic mass is 9.99. The van der Waals surface area contributed by atoms with Gasteiger partial charge in [0.1, 0.15) is 11.6 Å². The monoisotopic (exact) mass is 601 g/mol. The van der Waals surface area contributed by atoms with Crippen LogP contribution in [-0.2, 0) is 19.4 Å². The highest BCUT2D eigenvalue weighted by atomic mass is 19.1. The van der Waals surface area contributed by atoms with Gasteiger partial charge in [-0.1, -0.05) is 36.4 Å². The third-order valence-electron chi connectivity index (χ3n) is 9.00. The molecule has 8 rings (SSSR count). The molecule has 2 amide bonds. The van der Waals surface area contributed by atoms with Gasteiger partial charge in [-0.15, -0.1) is 0 Å². The van der Waals surface area contributed by atoms with Crippen LogP contribution in [0, 0.1) is 11.6 Å². The molecule has 7 nitrogen and oxygen atoms in total. The second kappa shape index (κ2) is 10.3. The first-order valence-electron chi connectivity index (χ1n) is 15.0. The summed E-state index contributed by atoms with van der Waals surface area (Å²) in [4.78, 5) is 34.0. The quantitative estimate of drug-likeness (QED) is 0.183. The predicted octanol–water partition coefficient (Wildman–Crippen LogP) is 6.47. The van der Waals surface area contributed by atoms with Crippen molar-refractivity contribution in [1.82, 2.24) is 20.6 Å². The Hall–Kier alpha value is -5.44. The number of benzene rings is 4. The van der Waals surface area contributed by atoms with E-state index in [4.69, 9.17) is 0 Å². The Kier molecular flexibility index (Phi) is 6.23. The lowest BCUT2D eigenvalue weighted by Crippen LogP contribution is -2.23. The van der Waals surface area contributed by atoms with E-state index in [2.05, 4.69) is 61.9 Å². The number of carbonyl (C=O) groups is 2. The SMILES string of the molecule is CN(Cc1ccc(-c2[nH]c3cc(F)cc4c3c2CCNC4=O)cc1)c1ccc(-c2[nH]c3cc(F)cc4c3c2CCNC4=O)cc1. The number of nitrogens with zero attached hydrogens (tertiary/aromatic N) is 1. The first kappa shape index (κ1) is 27.1. The zero-order valence-corrected chi connectivity index (χ0v) is 24.5. The molecule has 0 bridgehead atoms. The minimum atomic E-state index is -0.441. The van der Waals surface area contributed by atoms with E-state index in [1.165, 1.54) is 24.3 Å². The molecule has 4 N–H and O–H groups in total. The van der Waals surface area contributed by atoms with Gasteiger partial charge < -0.3 is 25.5 Å². The van der Waals surface area contributed by atoms with Crippen LogP contribution in [0.4, 0.5) is 14.5 Å². The van der Waals surface area contributed by atoms with Crippen LogP contribution in [0.5, 0.6) is 0 Å². The summed E-state index contributed by atoms with van der Waals surface area (Å²) < 4.78 is 28.6. The summed E-state index contributed by atoms with van der Waals surface area (Å²) >= 11 is 0. The molecule has 2 aromatic heterocycles. The van der Waals surface area contributed by atoms with E-state index in [9.17, 15) is 18.4 Å². The summed E-state index contributed by atoms with van der Waals surface area (Å²) in [6, 6.07) is 22.0. The maximum atomic E-state index is 14.3. The fourth-order valence-corrected chi connectivity index (χ4v) is 6.90. The van der Waals surface area contributed by atoms with Crippen molar-refractivity contribution in [3.63, 3.8) is 0 Å². The second-order valence-electron chi connectivity index (χ2n) is 11.8. The molecule has 9 heteroatoms. The summed E-state index contributed by atoms with van der Waals surface area (Å²) in [6.07, 6.45) is 1.32. The van der Waals surface area contributed by atoms with Gasteiger partial charge in [-0.05, 0) is 77.1 Å². The minimum absolute atomic E-state index is 0.250. The van der Waals surface area contributed by atoms with E-state index in [-0.39, 0.29) is 11.8 Å². The van der Waals surface area contributed by atoms with Crippen molar-refractivity contribution in [2.24, 2.45) is 0 Å². The van der Waals surface area contributed by atoms with Crippen LogP contribution >= 0.6 is 0 Å². The Balaban J connectivity index is 1.04. The zero-order chi connectivity index (χ0) is 30.8. The molecule has 2 aliphatic heterocycles. The summed E-state index contributed by atoms with van der Waals surface area (Å²) in [5.41, 5.74) is 9.96. The molecule has 4 aromatic carbocycles. The largest absolute Gasteiger partial charge is 0.370 e. The number of anilines is 1. The van der Waals surface area contributed by atoms with Crippen LogP contribution in [0.1, 0.15) is 37.4 Å². The van der Waals surface area contributed by atoms with Gasteiger partial charge >= 0.3 is 0 Å². The Morgan fingerprint density at radius 2 is 1.13 bits per heavy atom. The van der Waals surface area contributed by atoms with E-state index in [0.717, 1.165) is 55.7 Å². The van der Waals surface area contributed by atoms with Crippen molar-refractivity contribution in [3.05, 3.63) is 112 Å². The molecule has 224 valence electrons. The molecule has 45 heavy (non-hydrogen) atoms. The molecule has 0 saturated carbocycles. The lowest BCUT2D eigenvalue weighted by molar-refractivity contribution is 0.0948. The highest BCUT2D eigenvalue weighted by molar-refractivity contribution is 6.11. The molecular formula is C36H29F2N5O2. The molecule has 6 aromatic rings. The lowest BCUT2D eigenvalue weighted by Gasteiger charge is -2.20. The number of hydrogen-bond acceptors (Lipinski definition) is 3. The standard InChI is InChI=1S/C36H29F2N5O2/c1-43(24-8-6-21(7-9-24)34-26-11-13-40-36(45)28-15-23(38)17-30(42-34)32(26)28)18-19-2-4-20(5-3-19)33-25-10-12-39-35(44)27-14-22(37)16-29(41-33)31(25)27/h2-9,14-17,41-42H,10-13,18H2,1H3,(H,39,44)(H,40,45). The Morgan fingerprint density at radius 3 is 1.62 bits per heavy atom. The normalized spacial score (nSPS) is 14.3. The predicted molar refractivity (Wildman–Crippen MR) is 172 cm³/mol. The minimum Gasteiger partial charge on any atom is -0.370 e. The van der Waals surface area contributed by atoms with Crippen molar-refractivity contribution in [3.8, 4) is 22.5 Å². The van der Waals surface area contributed by atoms with Crippen LogP contribution in [0.2, 0.25) is 0 Å². The Labute approximate surface area is 257 Å². The van der Waals surface area contributed by atoms with Crippen LogP contribution in [-0.4, -0.2) is 41.9 Å². The molecular weight excluding hydrogens is 572 g/mol. The van der Waals surface area contributed by atoms with Gasteiger partial charge in [-0.2, -0.15) is 0 Å². The van der Waals surface area contributed by atoms with Gasteiger partial charge in [-0.25, -0.2) is 8.78 Å². The number of nitrogens with one attached hydrogen (secondary N) is 4. The van der Waals surface area contributed by atoms with E-state index in [1.54, 1.807) is 0 Å². The number of rotatable bonds is 5. The number of hydrogen-bond donors (Lipinski definition) is 4. The molecule has 0 saturated heterocycles. The van der Waals surface area contributed by atoms with Crippen molar-refractivity contribution in [2.45, 2.75) is 19.4 Å². The van der Waals surface area contributed by atoms with Gasteiger partial charge in [0, 0.05) is 65.6 Å². The van der Waals surface area contributed by atoms with E-state index < -0.39 is 11.6 Å². The summed E-state index contributed by atoms with van der Waals surface area (Å²) in [5.74, 6) is -1.38.